The molecule has 0 aliphatic carbocycles. The standard InChI is InChI=1S/C21H19N7O2/c1-13-11-18(25-20(22-13)16-9-6-10-17(12-16)28(29)30)24-19(15-7-4-3-5-8-15)21-23-14(2)26-27-21/h3-12,19H,1-2H3,(H,22,24,25)(H,23,26,27). The molecule has 2 aromatic heterocycles. The first-order chi connectivity index (χ1) is 14.5. The van der Waals surface area contributed by atoms with E-state index >= 15 is 0 Å². The van der Waals surface area contributed by atoms with E-state index in [1.807, 2.05) is 50.2 Å². The van der Waals surface area contributed by atoms with Crippen molar-refractivity contribution in [2.75, 3.05) is 5.32 Å². The van der Waals surface area contributed by atoms with Crippen LogP contribution in [0.3, 0.4) is 0 Å². The predicted octanol–water partition coefficient (Wildman–Crippen LogP) is 3.99. The Morgan fingerprint density at radius 3 is 2.50 bits per heavy atom. The Morgan fingerprint density at radius 2 is 1.80 bits per heavy atom. The largest absolute Gasteiger partial charge is 0.356 e. The van der Waals surface area contributed by atoms with Crippen molar-refractivity contribution >= 4 is 11.5 Å². The molecule has 1 atom stereocenters. The lowest BCUT2D eigenvalue weighted by Gasteiger charge is -2.17. The number of nitrogens with zero attached hydrogens (tertiary/aromatic N) is 5. The lowest BCUT2D eigenvalue weighted by molar-refractivity contribution is -0.384. The fourth-order valence-corrected chi connectivity index (χ4v) is 3.11. The summed E-state index contributed by atoms with van der Waals surface area (Å²) in [5.74, 6) is 2.27. The summed E-state index contributed by atoms with van der Waals surface area (Å²) in [6.45, 7) is 3.69. The van der Waals surface area contributed by atoms with E-state index in [0.717, 1.165) is 11.3 Å². The highest BCUT2D eigenvalue weighted by atomic mass is 16.6. The maximum absolute atomic E-state index is 11.1. The lowest BCUT2D eigenvalue weighted by atomic mass is 10.1. The topological polar surface area (TPSA) is 123 Å². The van der Waals surface area contributed by atoms with Crippen LogP contribution in [-0.2, 0) is 0 Å². The molecule has 4 aromatic rings. The van der Waals surface area contributed by atoms with Gasteiger partial charge in [-0.05, 0) is 19.4 Å². The van der Waals surface area contributed by atoms with Gasteiger partial charge in [0.15, 0.2) is 11.6 Å². The molecule has 2 N–H and O–H groups in total. The van der Waals surface area contributed by atoms with Crippen LogP contribution < -0.4 is 5.32 Å². The molecule has 0 saturated heterocycles. The zero-order chi connectivity index (χ0) is 21.1. The molecule has 2 heterocycles. The molecule has 150 valence electrons. The third-order valence-electron chi connectivity index (χ3n) is 4.47. The number of nitrogens with one attached hydrogen (secondary N) is 2. The van der Waals surface area contributed by atoms with E-state index in [2.05, 4.69) is 30.5 Å². The van der Waals surface area contributed by atoms with E-state index in [4.69, 9.17) is 0 Å². The molecule has 1 unspecified atom stereocenters. The number of aryl methyl sites for hydroxylation is 2. The number of rotatable bonds is 6. The van der Waals surface area contributed by atoms with Gasteiger partial charge in [0.05, 0.1) is 4.92 Å². The molecule has 0 radical (unpaired) electrons. The normalized spacial score (nSPS) is 11.8. The summed E-state index contributed by atoms with van der Waals surface area (Å²) >= 11 is 0. The van der Waals surface area contributed by atoms with Gasteiger partial charge >= 0.3 is 0 Å². The average molecular weight is 401 g/mol. The zero-order valence-electron chi connectivity index (χ0n) is 16.4. The third kappa shape index (κ3) is 4.14. The number of H-pyrrole nitrogens is 1. The zero-order valence-corrected chi connectivity index (χ0v) is 16.4. The molecule has 2 aromatic carbocycles. The number of benzene rings is 2. The summed E-state index contributed by atoms with van der Waals surface area (Å²) in [5, 5.41) is 21.7. The van der Waals surface area contributed by atoms with Crippen molar-refractivity contribution in [1.82, 2.24) is 25.1 Å². The van der Waals surface area contributed by atoms with Crippen molar-refractivity contribution in [1.29, 1.82) is 0 Å². The molecule has 4 rings (SSSR count). The van der Waals surface area contributed by atoms with Gasteiger partial charge in [0.1, 0.15) is 17.7 Å². The number of hydrogen-bond acceptors (Lipinski definition) is 7. The Kier molecular flexibility index (Phi) is 5.17. The van der Waals surface area contributed by atoms with Gasteiger partial charge in [-0.15, -0.1) is 0 Å². The summed E-state index contributed by atoms with van der Waals surface area (Å²) in [6, 6.07) is 17.6. The second-order valence-corrected chi connectivity index (χ2v) is 6.79. The number of anilines is 1. The third-order valence-corrected chi connectivity index (χ3v) is 4.47. The Labute approximate surface area is 172 Å². The molecule has 9 nitrogen and oxygen atoms in total. The first-order valence-electron chi connectivity index (χ1n) is 9.30. The quantitative estimate of drug-likeness (QED) is 0.370. The SMILES string of the molecule is Cc1cc(NC(c2ccccc2)c2n[nH]c(C)n2)nc(-c2cccc([N+](=O)[O-])c2)n1. The predicted molar refractivity (Wildman–Crippen MR) is 112 cm³/mol. The van der Waals surface area contributed by atoms with Crippen molar-refractivity contribution in [3.63, 3.8) is 0 Å². The monoisotopic (exact) mass is 401 g/mol. The Morgan fingerprint density at radius 1 is 1.00 bits per heavy atom. The van der Waals surface area contributed by atoms with E-state index in [1.165, 1.54) is 12.1 Å². The summed E-state index contributed by atoms with van der Waals surface area (Å²) < 4.78 is 0. The Bertz CT molecular complexity index is 1190. The van der Waals surface area contributed by atoms with Gasteiger partial charge in [0.25, 0.3) is 5.69 Å². The van der Waals surface area contributed by atoms with Gasteiger partial charge in [-0.3, -0.25) is 15.2 Å². The first kappa shape index (κ1) is 19.2. The second kappa shape index (κ2) is 8.08. The van der Waals surface area contributed by atoms with Gasteiger partial charge in [0, 0.05) is 29.5 Å². The van der Waals surface area contributed by atoms with Gasteiger partial charge < -0.3 is 5.32 Å². The summed E-state index contributed by atoms with van der Waals surface area (Å²) in [6.07, 6.45) is 0. The maximum Gasteiger partial charge on any atom is 0.270 e. The highest BCUT2D eigenvalue weighted by molar-refractivity contribution is 5.61. The molecule has 0 spiro atoms. The van der Waals surface area contributed by atoms with Crippen molar-refractivity contribution in [3.8, 4) is 11.4 Å². The van der Waals surface area contributed by atoms with E-state index in [-0.39, 0.29) is 11.7 Å². The van der Waals surface area contributed by atoms with E-state index < -0.39 is 4.92 Å². The fourth-order valence-electron chi connectivity index (χ4n) is 3.11. The minimum atomic E-state index is -0.435. The number of nitro benzene ring substituents is 1. The molecule has 0 aliphatic heterocycles. The van der Waals surface area contributed by atoms with Crippen molar-refractivity contribution in [3.05, 3.63) is 93.7 Å². The molecule has 0 bridgehead atoms. The van der Waals surface area contributed by atoms with Crippen molar-refractivity contribution in [2.45, 2.75) is 19.9 Å². The molecule has 0 fully saturated rings. The Balaban J connectivity index is 1.72. The Hall–Kier alpha value is -4.14. The molecule has 9 heteroatoms. The van der Waals surface area contributed by atoms with Gasteiger partial charge in [-0.25, -0.2) is 15.0 Å². The van der Waals surface area contributed by atoms with Gasteiger partial charge in [-0.1, -0.05) is 42.5 Å². The second-order valence-electron chi connectivity index (χ2n) is 6.79. The smallest absolute Gasteiger partial charge is 0.270 e. The molecule has 0 aliphatic rings. The maximum atomic E-state index is 11.1. The number of hydrogen-bond donors (Lipinski definition) is 2. The van der Waals surface area contributed by atoms with Crippen LogP contribution in [0.4, 0.5) is 11.5 Å². The molecular weight excluding hydrogens is 382 g/mol. The van der Waals surface area contributed by atoms with Crippen LogP contribution in [0, 0.1) is 24.0 Å². The molecule has 30 heavy (non-hydrogen) atoms. The minimum absolute atomic E-state index is 0.00882. The van der Waals surface area contributed by atoms with Crippen molar-refractivity contribution in [2.24, 2.45) is 0 Å². The molecular formula is C21H19N7O2. The van der Waals surface area contributed by atoms with Gasteiger partial charge in [-0.2, -0.15) is 5.10 Å². The van der Waals surface area contributed by atoms with Crippen LogP contribution >= 0.6 is 0 Å². The minimum Gasteiger partial charge on any atom is -0.356 e. The molecule has 0 saturated carbocycles. The number of nitro groups is 1. The van der Waals surface area contributed by atoms with Crippen LogP contribution in [0.1, 0.15) is 28.9 Å². The van der Waals surface area contributed by atoms with E-state index in [1.54, 1.807) is 12.1 Å². The summed E-state index contributed by atoms with van der Waals surface area (Å²) in [5.41, 5.74) is 2.27. The number of aromatic amines is 1. The van der Waals surface area contributed by atoms with Crippen LogP contribution in [0.15, 0.2) is 60.7 Å². The molecule has 0 amide bonds. The highest BCUT2D eigenvalue weighted by Crippen LogP contribution is 2.26. The van der Waals surface area contributed by atoms with Crippen LogP contribution in [0.25, 0.3) is 11.4 Å². The van der Waals surface area contributed by atoms with Crippen molar-refractivity contribution < 1.29 is 4.92 Å². The van der Waals surface area contributed by atoms with Crippen LogP contribution in [-0.4, -0.2) is 30.1 Å². The number of aromatic nitrogens is 5. The summed E-state index contributed by atoms with van der Waals surface area (Å²) in [4.78, 5) is 24.2. The van der Waals surface area contributed by atoms with Crippen LogP contribution in [0.5, 0.6) is 0 Å². The van der Waals surface area contributed by atoms with Crippen LogP contribution in [0.2, 0.25) is 0 Å². The van der Waals surface area contributed by atoms with Gasteiger partial charge in [0.2, 0.25) is 0 Å². The first-order valence-corrected chi connectivity index (χ1v) is 9.30. The van der Waals surface area contributed by atoms with E-state index in [9.17, 15) is 10.1 Å². The number of non-ortho nitro benzene ring substituents is 1. The highest BCUT2D eigenvalue weighted by Gasteiger charge is 2.20. The average Bonchev–Trinajstić information content (AvgIpc) is 3.18. The fraction of sp³-hybridized carbons (Fsp3) is 0.143. The lowest BCUT2D eigenvalue weighted by Crippen LogP contribution is -2.15. The van der Waals surface area contributed by atoms with E-state index in [0.29, 0.717) is 28.9 Å². The summed E-state index contributed by atoms with van der Waals surface area (Å²) in [7, 11) is 0.